The van der Waals surface area contributed by atoms with Gasteiger partial charge in [0, 0.05) is 18.0 Å². The van der Waals surface area contributed by atoms with Crippen molar-refractivity contribution in [2.75, 3.05) is 0 Å². The standard InChI is InChI=1S/C9H8N2O.C3H8/c1-6-5-8(12)7-3-2-4-10-9(7)11-6;1-3-2/h2-5H,1H3,(H,10,11,12);3H2,1-2H3. The third-order valence-corrected chi connectivity index (χ3v) is 1.74. The van der Waals surface area contributed by atoms with Crippen LogP contribution in [-0.2, 0) is 0 Å². The minimum absolute atomic E-state index is 0.0225. The Kier molecular flexibility index (Phi) is 4.03. The number of hydrogen-bond acceptors (Lipinski definition) is 2. The molecule has 0 aromatic carbocycles. The molecule has 0 amide bonds. The Morgan fingerprint density at radius 1 is 1.40 bits per heavy atom. The van der Waals surface area contributed by atoms with Gasteiger partial charge in [-0.3, -0.25) is 4.79 Å². The van der Waals surface area contributed by atoms with Crippen LogP contribution in [0.2, 0.25) is 0 Å². The van der Waals surface area contributed by atoms with Gasteiger partial charge in [-0.25, -0.2) is 4.98 Å². The summed E-state index contributed by atoms with van der Waals surface area (Å²) in [5.74, 6) is 0. The van der Waals surface area contributed by atoms with Gasteiger partial charge in [0.2, 0.25) is 0 Å². The first-order valence-corrected chi connectivity index (χ1v) is 5.13. The number of aromatic amines is 1. The average molecular weight is 204 g/mol. The van der Waals surface area contributed by atoms with Crippen LogP contribution in [0.1, 0.15) is 26.0 Å². The molecule has 3 heteroatoms. The minimum atomic E-state index is 0.0225. The fourth-order valence-corrected chi connectivity index (χ4v) is 1.20. The molecule has 0 radical (unpaired) electrons. The molecule has 3 nitrogen and oxygen atoms in total. The molecule has 2 aromatic heterocycles. The van der Waals surface area contributed by atoms with Crippen LogP contribution in [0.25, 0.3) is 11.0 Å². The Morgan fingerprint density at radius 2 is 2.07 bits per heavy atom. The summed E-state index contributed by atoms with van der Waals surface area (Å²) in [6, 6.07) is 5.09. The van der Waals surface area contributed by atoms with Gasteiger partial charge >= 0.3 is 0 Å². The van der Waals surface area contributed by atoms with E-state index in [-0.39, 0.29) is 5.43 Å². The molecule has 2 heterocycles. The lowest BCUT2D eigenvalue weighted by atomic mass is 10.2. The summed E-state index contributed by atoms with van der Waals surface area (Å²) in [5.41, 5.74) is 1.52. The van der Waals surface area contributed by atoms with Crippen LogP contribution < -0.4 is 5.43 Å². The fourth-order valence-electron chi connectivity index (χ4n) is 1.20. The number of aromatic nitrogens is 2. The van der Waals surface area contributed by atoms with Gasteiger partial charge in [-0.2, -0.15) is 0 Å². The maximum Gasteiger partial charge on any atom is 0.191 e. The molecule has 0 saturated heterocycles. The van der Waals surface area contributed by atoms with Gasteiger partial charge in [-0.1, -0.05) is 20.3 Å². The number of aryl methyl sites for hydroxylation is 1. The van der Waals surface area contributed by atoms with Crippen molar-refractivity contribution in [2.24, 2.45) is 0 Å². The van der Waals surface area contributed by atoms with Crippen molar-refractivity contribution in [2.45, 2.75) is 27.2 Å². The molecule has 0 bridgehead atoms. The van der Waals surface area contributed by atoms with Gasteiger partial charge in [-0.05, 0) is 19.1 Å². The summed E-state index contributed by atoms with van der Waals surface area (Å²) < 4.78 is 0. The zero-order valence-corrected chi connectivity index (χ0v) is 9.37. The topological polar surface area (TPSA) is 45.8 Å². The predicted octanol–water partition coefficient (Wildman–Crippen LogP) is 2.65. The van der Waals surface area contributed by atoms with Gasteiger partial charge in [0.1, 0.15) is 5.65 Å². The first kappa shape index (κ1) is 11.4. The SMILES string of the molecule is CCC.Cc1cc(=O)c2cccnc2[nH]1. The van der Waals surface area contributed by atoms with E-state index < -0.39 is 0 Å². The lowest BCUT2D eigenvalue weighted by molar-refractivity contribution is 1.09. The van der Waals surface area contributed by atoms with Crippen LogP contribution in [0, 0.1) is 6.92 Å². The molecule has 80 valence electrons. The van der Waals surface area contributed by atoms with Crippen molar-refractivity contribution in [1.82, 2.24) is 9.97 Å². The summed E-state index contributed by atoms with van der Waals surface area (Å²) in [4.78, 5) is 18.4. The second kappa shape index (κ2) is 5.29. The van der Waals surface area contributed by atoms with E-state index in [4.69, 9.17) is 0 Å². The lowest BCUT2D eigenvalue weighted by Gasteiger charge is -1.96. The molecule has 1 N–H and O–H groups in total. The van der Waals surface area contributed by atoms with E-state index in [2.05, 4.69) is 23.8 Å². The van der Waals surface area contributed by atoms with E-state index in [9.17, 15) is 4.79 Å². The lowest BCUT2D eigenvalue weighted by Crippen LogP contribution is -2.03. The van der Waals surface area contributed by atoms with E-state index >= 15 is 0 Å². The molecular weight excluding hydrogens is 188 g/mol. The molecular formula is C12H16N2O. The van der Waals surface area contributed by atoms with E-state index in [0.29, 0.717) is 11.0 Å². The molecule has 0 aliphatic rings. The number of rotatable bonds is 0. The highest BCUT2D eigenvalue weighted by Gasteiger charge is 1.97. The second-order valence-corrected chi connectivity index (χ2v) is 3.42. The second-order valence-electron chi connectivity index (χ2n) is 3.42. The number of pyridine rings is 2. The first-order valence-electron chi connectivity index (χ1n) is 5.13. The summed E-state index contributed by atoms with van der Waals surface area (Å²) in [6.07, 6.45) is 2.91. The Balaban J connectivity index is 0.000000337. The monoisotopic (exact) mass is 204 g/mol. The van der Waals surface area contributed by atoms with Gasteiger partial charge in [0.05, 0.1) is 5.39 Å². The minimum Gasteiger partial charge on any atom is -0.343 e. The van der Waals surface area contributed by atoms with E-state index in [1.165, 1.54) is 6.42 Å². The van der Waals surface area contributed by atoms with Gasteiger partial charge < -0.3 is 4.98 Å². The highest BCUT2D eigenvalue weighted by molar-refractivity contribution is 5.73. The van der Waals surface area contributed by atoms with E-state index in [1.54, 1.807) is 24.4 Å². The molecule has 0 unspecified atom stereocenters. The number of H-pyrrole nitrogens is 1. The van der Waals surface area contributed by atoms with Crippen LogP contribution >= 0.6 is 0 Å². The fraction of sp³-hybridized carbons (Fsp3) is 0.333. The van der Waals surface area contributed by atoms with Gasteiger partial charge in [0.15, 0.2) is 5.43 Å². The molecule has 0 atom stereocenters. The predicted molar refractivity (Wildman–Crippen MR) is 63.1 cm³/mol. The summed E-state index contributed by atoms with van der Waals surface area (Å²) in [6.45, 7) is 6.09. The van der Waals surface area contributed by atoms with E-state index in [1.807, 2.05) is 6.92 Å². The maximum absolute atomic E-state index is 11.3. The Morgan fingerprint density at radius 3 is 2.73 bits per heavy atom. The van der Waals surface area contributed by atoms with Crippen molar-refractivity contribution in [3.05, 3.63) is 40.3 Å². The van der Waals surface area contributed by atoms with Crippen LogP contribution in [-0.4, -0.2) is 9.97 Å². The normalized spacial score (nSPS) is 9.53. The maximum atomic E-state index is 11.3. The summed E-state index contributed by atoms with van der Waals surface area (Å²) in [5, 5.41) is 0.642. The third kappa shape index (κ3) is 2.91. The van der Waals surface area contributed by atoms with Crippen molar-refractivity contribution >= 4 is 11.0 Å². The molecule has 15 heavy (non-hydrogen) atoms. The van der Waals surface area contributed by atoms with Crippen molar-refractivity contribution in [1.29, 1.82) is 0 Å². The van der Waals surface area contributed by atoms with Crippen molar-refractivity contribution in [3.63, 3.8) is 0 Å². The zero-order valence-electron chi connectivity index (χ0n) is 9.37. The van der Waals surface area contributed by atoms with Crippen LogP contribution in [0.3, 0.4) is 0 Å². The summed E-state index contributed by atoms with van der Waals surface area (Å²) in [7, 11) is 0. The molecule has 0 spiro atoms. The van der Waals surface area contributed by atoms with Gasteiger partial charge in [0.25, 0.3) is 0 Å². The Bertz CT molecular complexity index is 488. The highest BCUT2D eigenvalue weighted by atomic mass is 16.1. The van der Waals surface area contributed by atoms with Crippen molar-refractivity contribution < 1.29 is 0 Å². The van der Waals surface area contributed by atoms with Gasteiger partial charge in [-0.15, -0.1) is 0 Å². The largest absolute Gasteiger partial charge is 0.343 e. The van der Waals surface area contributed by atoms with Crippen LogP contribution in [0.5, 0.6) is 0 Å². The number of nitrogens with one attached hydrogen (secondary N) is 1. The van der Waals surface area contributed by atoms with Crippen LogP contribution in [0.4, 0.5) is 0 Å². The van der Waals surface area contributed by atoms with E-state index in [0.717, 1.165) is 5.69 Å². The molecule has 0 aliphatic heterocycles. The zero-order chi connectivity index (χ0) is 11.3. The van der Waals surface area contributed by atoms with Crippen LogP contribution in [0.15, 0.2) is 29.2 Å². The quantitative estimate of drug-likeness (QED) is 0.717. The third-order valence-electron chi connectivity index (χ3n) is 1.74. The average Bonchev–Trinajstić information content (AvgIpc) is 2.18. The first-order chi connectivity index (χ1) is 7.19. The number of fused-ring (bicyclic) bond motifs is 1. The Labute approximate surface area is 89.2 Å². The molecule has 2 rings (SSSR count). The van der Waals surface area contributed by atoms with Crippen molar-refractivity contribution in [3.8, 4) is 0 Å². The Hall–Kier alpha value is -1.64. The molecule has 0 fully saturated rings. The molecule has 0 saturated carbocycles. The molecule has 0 aliphatic carbocycles. The number of hydrogen-bond donors (Lipinski definition) is 1. The molecule has 2 aromatic rings. The smallest absolute Gasteiger partial charge is 0.191 e. The summed E-state index contributed by atoms with van der Waals surface area (Å²) >= 11 is 0. The number of nitrogens with zero attached hydrogens (tertiary/aromatic N) is 1. The highest BCUT2D eigenvalue weighted by Crippen LogP contribution is 2.02.